The van der Waals surface area contributed by atoms with Crippen molar-refractivity contribution in [2.45, 2.75) is 6.04 Å². The molecule has 0 bridgehead atoms. The fourth-order valence-corrected chi connectivity index (χ4v) is 2.33. The summed E-state index contributed by atoms with van der Waals surface area (Å²) in [4.78, 5) is 6.71. The third-order valence-corrected chi connectivity index (χ3v) is 3.15. The zero-order valence-corrected chi connectivity index (χ0v) is 8.90. The summed E-state index contributed by atoms with van der Waals surface area (Å²) >= 11 is 0. The molecular weight excluding hydrogens is 202 g/mol. The van der Waals surface area contributed by atoms with Crippen LogP contribution in [0.15, 0.2) is 12.3 Å². The van der Waals surface area contributed by atoms with Gasteiger partial charge in [0, 0.05) is 32.4 Å². The molecule has 0 saturated carbocycles. The molecule has 2 aliphatic rings. The lowest BCUT2D eigenvalue weighted by Gasteiger charge is -2.41. The molecular formula is C11H13N5. The van der Waals surface area contributed by atoms with Gasteiger partial charge in [0.15, 0.2) is 5.82 Å². The van der Waals surface area contributed by atoms with Crippen LogP contribution < -0.4 is 15.5 Å². The molecule has 5 heteroatoms. The maximum Gasteiger partial charge on any atom is 0.152 e. The van der Waals surface area contributed by atoms with Gasteiger partial charge in [0.1, 0.15) is 6.07 Å². The molecule has 2 aliphatic heterocycles. The molecule has 1 aromatic rings. The highest BCUT2D eigenvalue weighted by atomic mass is 15.3. The van der Waals surface area contributed by atoms with Gasteiger partial charge in [-0.2, -0.15) is 5.26 Å². The molecule has 0 aromatic carbocycles. The van der Waals surface area contributed by atoms with Gasteiger partial charge in [-0.1, -0.05) is 0 Å². The van der Waals surface area contributed by atoms with Crippen LogP contribution in [0.1, 0.15) is 5.56 Å². The minimum atomic E-state index is 0.474. The molecule has 1 unspecified atom stereocenters. The van der Waals surface area contributed by atoms with Crippen molar-refractivity contribution in [2.75, 3.05) is 36.4 Å². The first-order valence-corrected chi connectivity index (χ1v) is 5.50. The van der Waals surface area contributed by atoms with Crippen LogP contribution in [0.5, 0.6) is 0 Å². The van der Waals surface area contributed by atoms with Crippen LogP contribution in [0.2, 0.25) is 0 Å². The van der Waals surface area contributed by atoms with Crippen LogP contribution in [-0.2, 0) is 0 Å². The quantitative estimate of drug-likeness (QED) is 0.645. The molecule has 0 amide bonds. The summed E-state index contributed by atoms with van der Waals surface area (Å²) < 4.78 is 0. The van der Waals surface area contributed by atoms with E-state index >= 15 is 0 Å². The number of nitrogens with zero attached hydrogens (tertiary/aromatic N) is 3. The Hall–Kier alpha value is -1.80. The van der Waals surface area contributed by atoms with E-state index in [1.807, 2.05) is 6.07 Å². The predicted octanol–water partition coefficient (Wildman–Crippen LogP) is 0.157. The van der Waals surface area contributed by atoms with Gasteiger partial charge >= 0.3 is 0 Å². The lowest BCUT2D eigenvalue weighted by atomic mass is 10.1. The minimum absolute atomic E-state index is 0.474. The van der Waals surface area contributed by atoms with Gasteiger partial charge in [-0.05, 0) is 6.07 Å². The van der Waals surface area contributed by atoms with Gasteiger partial charge in [-0.3, -0.25) is 0 Å². The van der Waals surface area contributed by atoms with Gasteiger partial charge in [0.05, 0.1) is 17.3 Å². The Morgan fingerprint density at radius 1 is 1.50 bits per heavy atom. The van der Waals surface area contributed by atoms with Crippen LogP contribution in [0, 0.1) is 11.3 Å². The maximum atomic E-state index is 8.83. The highest BCUT2D eigenvalue weighted by Crippen LogP contribution is 2.30. The van der Waals surface area contributed by atoms with E-state index in [9.17, 15) is 0 Å². The standard InChI is InChI=1S/C11H13N5/c12-4-8-3-10-11(15-5-8)16-2-1-13-6-9(16)7-14-10/h3,5,9,13-14H,1-2,6-7H2. The summed E-state index contributed by atoms with van der Waals surface area (Å²) in [5.74, 6) is 0.983. The molecule has 1 fully saturated rings. The molecule has 5 nitrogen and oxygen atoms in total. The predicted molar refractivity (Wildman–Crippen MR) is 61.4 cm³/mol. The minimum Gasteiger partial charge on any atom is -0.380 e. The number of fused-ring (bicyclic) bond motifs is 3. The highest BCUT2D eigenvalue weighted by molar-refractivity contribution is 5.70. The van der Waals surface area contributed by atoms with Crippen molar-refractivity contribution >= 4 is 11.5 Å². The maximum absolute atomic E-state index is 8.83. The fraction of sp³-hybridized carbons (Fsp3) is 0.455. The zero-order chi connectivity index (χ0) is 11.0. The smallest absolute Gasteiger partial charge is 0.152 e. The van der Waals surface area contributed by atoms with E-state index in [-0.39, 0.29) is 0 Å². The number of pyridine rings is 1. The molecule has 3 heterocycles. The van der Waals surface area contributed by atoms with Crippen LogP contribution in [0.25, 0.3) is 0 Å². The number of anilines is 2. The van der Waals surface area contributed by atoms with Crippen molar-refractivity contribution in [2.24, 2.45) is 0 Å². The van der Waals surface area contributed by atoms with E-state index in [4.69, 9.17) is 5.26 Å². The van der Waals surface area contributed by atoms with Gasteiger partial charge in [-0.15, -0.1) is 0 Å². The second-order valence-electron chi connectivity index (χ2n) is 4.14. The molecule has 1 saturated heterocycles. The summed E-state index contributed by atoms with van der Waals surface area (Å²) in [5.41, 5.74) is 1.59. The molecule has 82 valence electrons. The lowest BCUT2D eigenvalue weighted by Crippen LogP contribution is -2.56. The second kappa shape index (κ2) is 3.65. The molecule has 0 aliphatic carbocycles. The van der Waals surface area contributed by atoms with E-state index in [1.54, 1.807) is 6.20 Å². The largest absolute Gasteiger partial charge is 0.380 e. The first kappa shape index (κ1) is 9.43. The van der Waals surface area contributed by atoms with Crippen molar-refractivity contribution in [3.8, 4) is 6.07 Å². The van der Waals surface area contributed by atoms with Crippen molar-refractivity contribution in [3.63, 3.8) is 0 Å². The third-order valence-electron chi connectivity index (χ3n) is 3.15. The first-order chi connectivity index (χ1) is 7.88. The molecule has 0 spiro atoms. The molecule has 1 aromatic heterocycles. The lowest BCUT2D eigenvalue weighted by molar-refractivity contribution is 0.478. The molecule has 16 heavy (non-hydrogen) atoms. The monoisotopic (exact) mass is 215 g/mol. The Bertz CT molecular complexity index is 450. The van der Waals surface area contributed by atoms with E-state index in [0.29, 0.717) is 11.6 Å². The number of hydrogen-bond donors (Lipinski definition) is 2. The Morgan fingerprint density at radius 2 is 2.44 bits per heavy atom. The first-order valence-electron chi connectivity index (χ1n) is 5.50. The number of piperazine rings is 1. The molecule has 1 atom stereocenters. The summed E-state index contributed by atoms with van der Waals surface area (Å²) in [6.45, 7) is 3.89. The van der Waals surface area contributed by atoms with E-state index < -0.39 is 0 Å². The zero-order valence-electron chi connectivity index (χ0n) is 8.90. The SMILES string of the molecule is N#Cc1cnc2c(c1)NCC1CNCCN21. The molecule has 3 rings (SSSR count). The average Bonchev–Trinajstić information content (AvgIpc) is 2.38. The fourth-order valence-electron chi connectivity index (χ4n) is 2.33. The Balaban J connectivity index is 1.99. The van der Waals surface area contributed by atoms with Gasteiger partial charge < -0.3 is 15.5 Å². The van der Waals surface area contributed by atoms with Crippen LogP contribution in [-0.4, -0.2) is 37.2 Å². The van der Waals surface area contributed by atoms with Crippen LogP contribution in [0.4, 0.5) is 11.5 Å². The highest BCUT2D eigenvalue weighted by Gasteiger charge is 2.29. The van der Waals surface area contributed by atoms with Crippen molar-refractivity contribution in [3.05, 3.63) is 17.8 Å². The normalized spacial score (nSPS) is 22.7. The number of nitrogens with one attached hydrogen (secondary N) is 2. The number of rotatable bonds is 0. The summed E-state index contributed by atoms with van der Waals surface area (Å²) in [5, 5.41) is 15.5. The Kier molecular flexibility index (Phi) is 2.15. The number of aromatic nitrogens is 1. The molecule has 0 radical (unpaired) electrons. The van der Waals surface area contributed by atoms with Crippen LogP contribution >= 0.6 is 0 Å². The number of hydrogen-bond acceptors (Lipinski definition) is 5. The van der Waals surface area contributed by atoms with E-state index in [2.05, 4.69) is 26.6 Å². The van der Waals surface area contributed by atoms with Gasteiger partial charge in [0.2, 0.25) is 0 Å². The van der Waals surface area contributed by atoms with Crippen molar-refractivity contribution in [1.29, 1.82) is 5.26 Å². The Morgan fingerprint density at radius 3 is 3.31 bits per heavy atom. The summed E-state index contributed by atoms with van der Waals surface area (Å²) in [6.07, 6.45) is 1.64. The van der Waals surface area contributed by atoms with Gasteiger partial charge in [0.25, 0.3) is 0 Å². The average molecular weight is 215 g/mol. The van der Waals surface area contributed by atoms with Gasteiger partial charge in [-0.25, -0.2) is 4.98 Å². The topological polar surface area (TPSA) is 64.0 Å². The van der Waals surface area contributed by atoms with E-state index in [1.165, 1.54) is 0 Å². The summed E-state index contributed by atoms with van der Waals surface area (Å²) in [7, 11) is 0. The number of nitriles is 1. The molecule has 2 N–H and O–H groups in total. The summed E-state index contributed by atoms with van der Waals surface area (Å²) in [6, 6.07) is 4.47. The van der Waals surface area contributed by atoms with E-state index in [0.717, 1.165) is 37.7 Å². The second-order valence-corrected chi connectivity index (χ2v) is 4.14. The van der Waals surface area contributed by atoms with Crippen molar-refractivity contribution < 1.29 is 0 Å². The van der Waals surface area contributed by atoms with Crippen LogP contribution in [0.3, 0.4) is 0 Å². The van der Waals surface area contributed by atoms with Crippen molar-refractivity contribution in [1.82, 2.24) is 10.3 Å². The third kappa shape index (κ3) is 1.39. The Labute approximate surface area is 94.1 Å².